The second-order valence-corrected chi connectivity index (χ2v) is 6.22. The molecule has 2 heterocycles. The maximum atomic E-state index is 12.1. The van der Waals surface area contributed by atoms with Crippen molar-refractivity contribution in [2.45, 2.75) is 26.8 Å². The summed E-state index contributed by atoms with van der Waals surface area (Å²) in [5, 5.41) is 11.8. The van der Waals surface area contributed by atoms with E-state index in [-0.39, 0.29) is 11.9 Å². The fourth-order valence-corrected chi connectivity index (χ4v) is 2.59. The molecule has 0 aliphatic carbocycles. The zero-order valence-corrected chi connectivity index (χ0v) is 12.7. The summed E-state index contributed by atoms with van der Waals surface area (Å²) in [7, 11) is 0. The quantitative estimate of drug-likeness (QED) is 0.940. The lowest BCUT2D eigenvalue weighted by Crippen LogP contribution is -2.17. The van der Waals surface area contributed by atoms with Crippen LogP contribution in [0.15, 0.2) is 16.7 Å². The van der Waals surface area contributed by atoms with E-state index in [9.17, 15) is 4.79 Å². The first kappa shape index (κ1) is 13.2. The number of nitrogens with one attached hydrogen (secondary N) is 1. The number of rotatable bonds is 3. The summed E-state index contributed by atoms with van der Waals surface area (Å²) in [5.74, 6) is -0.175. The molecule has 0 saturated carbocycles. The van der Waals surface area contributed by atoms with Gasteiger partial charge in [0.15, 0.2) is 0 Å². The SMILES string of the molecule is Cc1nnc(NC(=O)c2cc(Br)cn2C(C)C)s1. The molecule has 0 aliphatic heterocycles. The zero-order chi connectivity index (χ0) is 13.3. The Morgan fingerprint density at radius 1 is 1.50 bits per heavy atom. The van der Waals surface area contributed by atoms with Crippen LogP contribution in [0.5, 0.6) is 0 Å². The van der Waals surface area contributed by atoms with Gasteiger partial charge in [-0.2, -0.15) is 0 Å². The highest BCUT2D eigenvalue weighted by molar-refractivity contribution is 9.10. The predicted octanol–water partition coefficient (Wildman–Crippen LogP) is 3.24. The van der Waals surface area contributed by atoms with Gasteiger partial charge in [0, 0.05) is 16.7 Å². The molecular formula is C11H13BrN4OS. The molecule has 0 unspecified atom stereocenters. The number of hydrogen-bond donors (Lipinski definition) is 1. The minimum atomic E-state index is -0.175. The van der Waals surface area contributed by atoms with Gasteiger partial charge in [-0.25, -0.2) is 0 Å². The average molecular weight is 329 g/mol. The van der Waals surface area contributed by atoms with Gasteiger partial charge in [-0.1, -0.05) is 11.3 Å². The molecule has 0 bridgehead atoms. The number of carbonyl (C=O) groups is 1. The Labute approximate surface area is 117 Å². The number of anilines is 1. The van der Waals surface area contributed by atoms with Crippen molar-refractivity contribution in [3.8, 4) is 0 Å². The second kappa shape index (κ2) is 5.19. The van der Waals surface area contributed by atoms with Gasteiger partial charge in [0.05, 0.1) is 0 Å². The van der Waals surface area contributed by atoms with Gasteiger partial charge in [-0.3, -0.25) is 10.1 Å². The Hall–Kier alpha value is -1.21. The molecule has 2 aromatic rings. The summed E-state index contributed by atoms with van der Waals surface area (Å²) in [6.07, 6.45) is 1.89. The zero-order valence-electron chi connectivity index (χ0n) is 10.3. The van der Waals surface area contributed by atoms with Crippen LogP contribution in [0.25, 0.3) is 0 Å². The summed E-state index contributed by atoms with van der Waals surface area (Å²) in [6.45, 7) is 5.90. The maximum absolute atomic E-state index is 12.1. The lowest BCUT2D eigenvalue weighted by molar-refractivity contribution is 0.101. The van der Waals surface area contributed by atoms with Gasteiger partial charge in [0.2, 0.25) is 5.13 Å². The fraction of sp³-hybridized carbons (Fsp3) is 0.364. The number of hydrogen-bond acceptors (Lipinski definition) is 4. The molecule has 5 nitrogen and oxygen atoms in total. The van der Waals surface area contributed by atoms with E-state index < -0.39 is 0 Å². The first-order valence-corrected chi connectivity index (χ1v) is 7.07. The van der Waals surface area contributed by atoms with E-state index in [1.54, 1.807) is 6.07 Å². The molecule has 96 valence electrons. The molecule has 0 atom stereocenters. The highest BCUT2D eigenvalue weighted by atomic mass is 79.9. The number of aromatic nitrogens is 3. The topological polar surface area (TPSA) is 59.8 Å². The molecule has 1 N–H and O–H groups in total. The van der Waals surface area contributed by atoms with E-state index in [0.717, 1.165) is 9.48 Å². The second-order valence-electron chi connectivity index (χ2n) is 4.12. The third-order valence-electron chi connectivity index (χ3n) is 2.35. The molecule has 1 amide bonds. The van der Waals surface area contributed by atoms with Crippen LogP contribution in [0.3, 0.4) is 0 Å². The molecule has 0 fully saturated rings. The molecule has 0 radical (unpaired) electrons. The number of carbonyl (C=O) groups excluding carboxylic acids is 1. The minimum Gasteiger partial charge on any atom is -0.340 e. The fourth-order valence-electron chi connectivity index (χ4n) is 1.56. The Morgan fingerprint density at radius 2 is 2.22 bits per heavy atom. The van der Waals surface area contributed by atoms with Crippen LogP contribution < -0.4 is 5.32 Å². The van der Waals surface area contributed by atoms with Crippen LogP contribution in [0, 0.1) is 6.92 Å². The largest absolute Gasteiger partial charge is 0.340 e. The summed E-state index contributed by atoms with van der Waals surface area (Å²) in [5.41, 5.74) is 0.602. The third kappa shape index (κ3) is 2.78. The number of halogens is 1. The van der Waals surface area contributed by atoms with E-state index in [2.05, 4.69) is 31.4 Å². The van der Waals surface area contributed by atoms with Crippen molar-refractivity contribution in [3.63, 3.8) is 0 Å². The van der Waals surface area contributed by atoms with E-state index in [1.165, 1.54) is 11.3 Å². The van der Waals surface area contributed by atoms with Crippen LogP contribution in [-0.2, 0) is 0 Å². The van der Waals surface area contributed by atoms with Gasteiger partial charge in [0.25, 0.3) is 5.91 Å². The summed E-state index contributed by atoms with van der Waals surface area (Å²) in [4.78, 5) is 12.1. The van der Waals surface area contributed by atoms with Crippen molar-refractivity contribution >= 4 is 38.3 Å². The Morgan fingerprint density at radius 3 is 2.78 bits per heavy atom. The van der Waals surface area contributed by atoms with Crippen molar-refractivity contribution in [1.29, 1.82) is 0 Å². The van der Waals surface area contributed by atoms with E-state index in [4.69, 9.17) is 0 Å². The van der Waals surface area contributed by atoms with E-state index in [1.807, 2.05) is 31.5 Å². The van der Waals surface area contributed by atoms with Gasteiger partial charge in [-0.15, -0.1) is 10.2 Å². The Kier molecular flexibility index (Phi) is 3.82. The van der Waals surface area contributed by atoms with Crippen molar-refractivity contribution in [2.75, 3.05) is 5.32 Å². The van der Waals surface area contributed by atoms with Crippen molar-refractivity contribution in [1.82, 2.24) is 14.8 Å². The first-order valence-electron chi connectivity index (χ1n) is 5.46. The minimum absolute atomic E-state index is 0.175. The Balaban J connectivity index is 2.23. The molecule has 18 heavy (non-hydrogen) atoms. The van der Waals surface area contributed by atoms with Crippen LogP contribution in [0.1, 0.15) is 35.4 Å². The summed E-state index contributed by atoms with van der Waals surface area (Å²) < 4.78 is 2.79. The lowest BCUT2D eigenvalue weighted by atomic mass is 10.3. The molecule has 0 saturated heterocycles. The number of nitrogens with zero attached hydrogens (tertiary/aromatic N) is 3. The normalized spacial score (nSPS) is 10.9. The van der Waals surface area contributed by atoms with Crippen molar-refractivity contribution in [3.05, 3.63) is 27.4 Å². The average Bonchev–Trinajstić information content (AvgIpc) is 2.85. The Bertz CT molecular complexity index is 575. The molecule has 0 aromatic carbocycles. The molecule has 0 spiro atoms. The monoisotopic (exact) mass is 328 g/mol. The predicted molar refractivity (Wildman–Crippen MR) is 75.1 cm³/mol. The smallest absolute Gasteiger partial charge is 0.274 e. The third-order valence-corrected chi connectivity index (χ3v) is 3.54. The van der Waals surface area contributed by atoms with Crippen molar-refractivity contribution in [2.24, 2.45) is 0 Å². The molecule has 2 aromatic heterocycles. The highest BCUT2D eigenvalue weighted by Gasteiger charge is 2.16. The first-order chi connectivity index (χ1) is 8.47. The van der Waals surface area contributed by atoms with E-state index >= 15 is 0 Å². The highest BCUT2D eigenvalue weighted by Crippen LogP contribution is 2.21. The summed E-state index contributed by atoms with van der Waals surface area (Å²) >= 11 is 4.74. The van der Waals surface area contributed by atoms with Crippen LogP contribution >= 0.6 is 27.3 Å². The van der Waals surface area contributed by atoms with Crippen LogP contribution in [-0.4, -0.2) is 20.7 Å². The van der Waals surface area contributed by atoms with Crippen molar-refractivity contribution < 1.29 is 4.79 Å². The number of aryl methyl sites for hydroxylation is 1. The van der Waals surface area contributed by atoms with Gasteiger partial charge in [0.1, 0.15) is 10.7 Å². The van der Waals surface area contributed by atoms with Gasteiger partial charge < -0.3 is 4.57 Å². The van der Waals surface area contributed by atoms with Crippen LogP contribution in [0.4, 0.5) is 5.13 Å². The maximum Gasteiger partial charge on any atom is 0.274 e. The van der Waals surface area contributed by atoms with E-state index in [0.29, 0.717) is 10.8 Å². The summed E-state index contributed by atoms with van der Waals surface area (Å²) in [6, 6.07) is 2.01. The van der Waals surface area contributed by atoms with Gasteiger partial charge in [-0.05, 0) is 42.8 Å². The standard InChI is InChI=1S/C11H13BrN4OS/c1-6(2)16-5-8(12)4-9(16)10(17)13-11-15-14-7(3)18-11/h4-6H,1-3H3,(H,13,15,17). The molecular weight excluding hydrogens is 316 g/mol. The molecule has 7 heteroatoms. The lowest BCUT2D eigenvalue weighted by Gasteiger charge is -2.11. The van der Waals surface area contributed by atoms with Crippen LogP contribution in [0.2, 0.25) is 0 Å². The number of amides is 1. The van der Waals surface area contributed by atoms with Gasteiger partial charge >= 0.3 is 0 Å². The molecule has 0 aliphatic rings. The molecule has 2 rings (SSSR count).